The Kier molecular flexibility index (Phi) is 6.57. The molecular weight excluding hydrogens is 394 g/mol. The summed E-state index contributed by atoms with van der Waals surface area (Å²) in [5.74, 6) is 0.609. The van der Waals surface area contributed by atoms with Crippen LogP contribution in [0, 0.1) is 11.3 Å². The van der Waals surface area contributed by atoms with E-state index in [0.717, 1.165) is 10.4 Å². The molecule has 2 aromatic rings. The van der Waals surface area contributed by atoms with Gasteiger partial charge in [-0.1, -0.05) is 12.1 Å². The Labute approximate surface area is 172 Å². The summed E-state index contributed by atoms with van der Waals surface area (Å²) >= 11 is 1.30. The third-order valence-electron chi connectivity index (χ3n) is 4.38. The fraction of sp³-hybridized carbons (Fsp3) is 0.350. The summed E-state index contributed by atoms with van der Waals surface area (Å²) in [6.07, 6.45) is 0.169. The Morgan fingerprint density at radius 3 is 2.76 bits per heavy atom. The first-order valence-electron chi connectivity index (χ1n) is 9.09. The molecule has 1 aromatic carbocycles. The van der Waals surface area contributed by atoms with Gasteiger partial charge in [-0.25, -0.2) is 4.79 Å². The van der Waals surface area contributed by atoms with Gasteiger partial charge in [0.1, 0.15) is 11.1 Å². The molecule has 0 spiro atoms. The minimum absolute atomic E-state index is 0.219. The van der Waals surface area contributed by atoms with E-state index >= 15 is 0 Å². The molecule has 29 heavy (non-hydrogen) atoms. The lowest BCUT2D eigenvalue weighted by molar-refractivity contribution is -0.118. The maximum absolute atomic E-state index is 12.4. The number of nitrogens with zero attached hydrogens (tertiary/aromatic N) is 2. The molecule has 0 fully saturated rings. The van der Waals surface area contributed by atoms with Crippen LogP contribution in [0.25, 0.3) is 0 Å². The molecule has 3 rings (SSSR count). The van der Waals surface area contributed by atoms with Crippen LogP contribution < -0.4 is 14.8 Å². The first kappa shape index (κ1) is 20.5. The zero-order chi connectivity index (χ0) is 20.8. The maximum atomic E-state index is 12.4. The number of fused-ring (bicyclic) bond motifs is 1. The number of hydrogen-bond donors (Lipinski definition) is 1. The van der Waals surface area contributed by atoms with E-state index in [1.807, 2.05) is 0 Å². The summed E-state index contributed by atoms with van der Waals surface area (Å²) in [6, 6.07) is 9.21. The van der Waals surface area contributed by atoms with Gasteiger partial charge in [-0.3, -0.25) is 4.79 Å². The van der Waals surface area contributed by atoms with Crippen molar-refractivity contribution in [3.05, 3.63) is 40.3 Å². The van der Waals surface area contributed by atoms with Gasteiger partial charge in [0.25, 0.3) is 5.91 Å². The van der Waals surface area contributed by atoms with Gasteiger partial charge in [-0.05, 0) is 31.0 Å². The summed E-state index contributed by atoms with van der Waals surface area (Å²) < 4.78 is 15.8. The molecule has 1 aliphatic heterocycles. The molecular formula is C20H21N3O5S. The number of hydrogen-bond acceptors (Lipinski definition) is 7. The lowest BCUT2D eigenvalue weighted by Crippen LogP contribution is -2.35. The standard InChI is InChI=1S/C20H21N3O5S/c1-3-27-20(25)23-9-8-13-14(10-21)19(29-17(13)11-23)22-18(24)12-28-16-7-5-4-6-15(16)26-2/h4-7H,3,8-9,11-12H2,1-2H3,(H,22,24). The Balaban J connectivity index is 1.68. The molecule has 0 aliphatic carbocycles. The zero-order valence-corrected chi connectivity index (χ0v) is 17.0. The summed E-state index contributed by atoms with van der Waals surface area (Å²) in [7, 11) is 1.53. The number of carbonyl (C=O) groups excluding carboxylic acids is 2. The molecule has 0 bridgehead atoms. The van der Waals surface area contributed by atoms with Crippen molar-refractivity contribution in [3.63, 3.8) is 0 Å². The van der Waals surface area contributed by atoms with Gasteiger partial charge in [0.2, 0.25) is 0 Å². The number of benzene rings is 1. The predicted octanol–water partition coefficient (Wildman–Crippen LogP) is 3.16. The van der Waals surface area contributed by atoms with Crippen LogP contribution in [0.5, 0.6) is 11.5 Å². The normalized spacial score (nSPS) is 12.5. The number of ether oxygens (including phenoxy) is 3. The second-order valence-corrected chi connectivity index (χ2v) is 7.28. The summed E-state index contributed by atoms with van der Waals surface area (Å²) in [5, 5.41) is 12.8. The smallest absolute Gasteiger partial charge is 0.410 e. The molecule has 1 aliphatic rings. The average molecular weight is 415 g/mol. The van der Waals surface area contributed by atoms with E-state index in [4.69, 9.17) is 14.2 Å². The van der Waals surface area contributed by atoms with Gasteiger partial charge in [0, 0.05) is 11.4 Å². The van der Waals surface area contributed by atoms with E-state index in [9.17, 15) is 14.9 Å². The number of methoxy groups -OCH3 is 1. The highest BCUT2D eigenvalue weighted by Gasteiger charge is 2.28. The first-order chi connectivity index (χ1) is 14.1. The second-order valence-electron chi connectivity index (χ2n) is 6.18. The van der Waals surface area contributed by atoms with Gasteiger partial charge in [-0.2, -0.15) is 5.26 Å². The average Bonchev–Trinajstić information content (AvgIpc) is 3.08. The van der Waals surface area contributed by atoms with Crippen LogP contribution in [0.15, 0.2) is 24.3 Å². The van der Waals surface area contributed by atoms with E-state index in [1.54, 1.807) is 36.1 Å². The van der Waals surface area contributed by atoms with Crippen LogP contribution in [-0.4, -0.2) is 43.8 Å². The zero-order valence-electron chi connectivity index (χ0n) is 16.2. The highest BCUT2D eigenvalue weighted by molar-refractivity contribution is 7.16. The molecule has 2 amide bonds. The molecule has 8 nitrogen and oxygen atoms in total. The number of rotatable bonds is 6. The number of thiophene rings is 1. The minimum atomic E-state index is -0.381. The van der Waals surface area contributed by atoms with Gasteiger partial charge in [0.05, 0.1) is 25.8 Å². The van der Waals surface area contributed by atoms with Crippen LogP contribution in [0.4, 0.5) is 9.80 Å². The van der Waals surface area contributed by atoms with E-state index in [-0.39, 0.29) is 18.6 Å². The monoisotopic (exact) mass is 415 g/mol. The molecule has 0 saturated carbocycles. The predicted molar refractivity (Wildman–Crippen MR) is 107 cm³/mol. The Morgan fingerprint density at radius 2 is 2.07 bits per heavy atom. The van der Waals surface area contributed by atoms with Crippen molar-refractivity contribution in [1.29, 1.82) is 5.26 Å². The van der Waals surface area contributed by atoms with Crippen LogP contribution in [0.3, 0.4) is 0 Å². The number of para-hydroxylation sites is 2. The van der Waals surface area contributed by atoms with Crippen molar-refractivity contribution in [3.8, 4) is 17.6 Å². The molecule has 9 heteroatoms. The third-order valence-corrected chi connectivity index (χ3v) is 5.51. The van der Waals surface area contributed by atoms with Crippen LogP contribution in [0.1, 0.15) is 22.9 Å². The van der Waals surface area contributed by atoms with E-state index in [2.05, 4.69) is 11.4 Å². The fourth-order valence-corrected chi connectivity index (χ4v) is 4.25. The molecule has 1 aromatic heterocycles. The fourth-order valence-electron chi connectivity index (χ4n) is 3.02. The van der Waals surface area contributed by atoms with Crippen LogP contribution >= 0.6 is 11.3 Å². The molecule has 1 N–H and O–H groups in total. The number of carbonyl (C=O) groups is 2. The Hall–Kier alpha value is -3.25. The van der Waals surface area contributed by atoms with Gasteiger partial charge >= 0.3 is 6.09 Å². The summed E-state index contributed by atoms with van der Waals surface area (Å²) in [5.41, 5.74) is 1.32. The van der Waals surface area contributed by atoms with Crippen molar-refractivity contribution in [2.75, 3.05) is 32.2 Å². The molecule has 0 saturated heterocycles. The van der Waals surface area contributed by atoms with Crippen LogP contribution in [-0.2, 0) is 22.5 Å². The lowest BCUT2D eigenvalue weighted by atomic mass is 10.0. The number of amides is 2. The molecule has 152 valence electrons. The SMILES string of the molecule is CCOC(=O)N1CCc2c(sc(NC(=O)COc3ccccc3OC)c2C#N)C1. The summed E-state index contributed by atoms with van der Waals surface area (Å²) in [6.45, 7) is 2.68. The van der Waals surface area contributed by atoms with Crippen molar-refractivity contribution in [2.24, 2.45) is 0 Å². The highest BCUT2D eigenvalue weighted by Crippen LogP contribution is 2.36. The van der Waals surface area contributed by atoms with Gasteiger partial charge in [0.15, 0.2) is 18.1 Å². The van der Waals surface area contributed by atoms with Gasteiger partial charge in [-0.15, -0.1) is 11.3 Å². The van der Waals surface area contributed by atoms with Crippen molar-refractivity contribution >= 4 is 28.3 Å². The van der Waals surface area contributed by atoms with E-state index < -0.39 is 0 Å². The number of anilines is 1. The Morgan fingerprint density at radius 1 is 1.31 bits per heavy atom. The first-order valence-corrected chi connectivity index (χ1v) is 9.91. The second kappa shape index (κ2) is 9.30. The Bertz CT molecular complexity index is 950. The molecule has 0 atom stereocenters. The van der Waals surface area contributed by atoms with Crippen molar-refractivity contribution in [1.82, 2.24) is 4.90 Å². The number of nitriles is 1. The van der Waals surface area contributed by atoms with Gasteiger partial charge < -0.3 is 24.4 Å². The largest absolute Gasteiger partial charge is 0.493 e. The summed E-state index contributed by atoms with van der Waals surface area (Å²) in [4.78, 5) is 26.8. The van der Waals surface area contributed by atoms with Crippen LogP contribution in [0.2, 0.25) is 0 Å². The van der Waals surface area contributed by atoms with E-state index in [1.165, 1.54) is 18.4 Å². The highest BCUT2D eigenvalue weighted by atomic mass is 32.1. The quantitative estimate of drug-likeness (QED) is 0.778. The molecule has 2 heterocycles. The van der Waals surface area contributed by atoms with Crippen molar-refractivity contribution in [2.45, 2.75) is 19.9 Å². The number of nitrogens with one attached hydrogen (secondary N) is 1. The van der Waals surface area contributed by atoms with Crippen molar-refractivity contribution < 1.29 is 23.8 Å². The molecule has 0 unspecified atom stereocenters. The minimum Gasteiger partial charge on any atom is -0.493 e. The topological polar surface area (TPSA) is 101 Å². The molecule has 0 radical (unpaired) electrons. The van der Waals surface area contributed by atoms with E-state index in [0.29, 0.717) is 48.2 Å². The third kappa shape index (κ3) is 4.60. The lowest BCUT2D eigenvalue weighted by Gasteiger charge is -2.25. The maximum Gasteiger partial charge on any atom is 0.410 e.